The van der Waals surface area contributed by atoms with Crippen LogP contribution in [0.1, 0.15) is 6.42 Å². The van der Waals surface area contributed by atoms with Crippen LogP contribution in [0, 0.1) is 0 Å². The van der Waals surface area contributed by atoms with E-state index >= 15 is 0 Å². The Morgan fingerprint density at radius 1 is 0.850 bits per heavy atom. The van der Waals surface area contributed by atoms with E-state index < -0.39 is 0 Å². The van der Waals surface area contributed by atoms with Crippen LogP contribution in [0.25, 0.3) is 11.1 Å². The Morgan fingerprint density at radius 3 is 2.15 bits per heavy atom. The summed E-state index contributed by atoms with van der Waals surface area (Å²) in [6, 6.07) is 11.2. The van der Waals surface area contributed by atoms with Crippen molar-refractivity contribution in [3.8, 4) is 16.9 Å². The average molecular weight is 348 g/mol. The minimum absolute atomic E-state index is 0.525. The van der Waals surface area contributed by atoms with Gasteiger partial charge in [0.2, 0.25) is 0 Å². The molecule has 2 aromatic rings. The van der Waals surface area contributed by atoms with E-state index in [0.717, 1.165) is 23.3 Å². The molecule has 0 radical (unpaired) electrons. The quantitative estimate of drug-likeness (QED) is 0.514. The molecule has 0 unspecified atom stereocenters. The largest absolute Gasteiger partial charge is 0.492 e. The van der Waals surface area contributed by atoms with E-state index in [4.69, 9.17) is 39.5 Å². The highest BCUT2D eigenvalue weighted by Gasteiger charge is 2.07. The molecule has 20 heavy (non-hydrogen) atoms. The first-order valence-corrected chi connectivity index (χ1v) is 7.87. The van der Waals surface area contributed by atoms with Gasteiger partial charge in [-0.25, -0.2) is 0 Å². The zero-order valence-electron chi connectivity index (χ0n) is 10.6. The fourth-order valence-electron chi connectivity index (χ4n) is 1.72. The third kappa shape index (κ3) is 3.98. The standard InChI is InChI=1S/C15H13Cl3OS/c16-12-4-2-10(8-14(12)18)11-3-5-13(17)15(9-11)19-6-1-7-20/h2-5,8-9,20H,1,6-7H2. The van der Waals surface area contributed by atoms with Gasteiger partial charge in [-0.05, 0) is 47.6 Å². The highest BCUT2D eigenvalue weighted by molar-refractivity contribution is 7.80. The smallest absolute Gasteiger partial charge is 0.138 e. The van der Waals surface area contributed by atoms with E-state index in [0.29, 0.717) is 27.4 Å². The monoisotopic (exact) mass is 346 g/mol. The molecule has 5 heteroatoms. The van der Waals surface area contributed by atoms with Gasteiger partial charge < -0.3 is 4.74 Å². The summed E-state index contributed by atoms with van der Waals surface area (Å²) < 4.78 is 5.65. The highest BCUT2D eigenvalue weighted by atomic mass is 35.5. The number of halogens is 3. The van der Waals surface area contributed by atoms with Crippen LogP contribution in [0.3, 0.4) is 0 Å². The van der Waals surface area contributed by atoms with Crippen LogP contribution in [0.15, 0.2) is 36.4 Å². The Labute approximate surface area is 139 Å². The molecule has 0 atom stereocenters. The van der Waals surface area contributed by atoms with Gasteiger partial charge >= 0.3 is 0 Å². The molecule has 0 aliphatic carbocycles. The molecule has 0 fully saturated rings. The Kier molecular flexibility index (Phi) is 5.91. The van der Waals surface area contributed by atoms with Crippen molar-refractivity contribution in [2.45, 2.75) is 6.42 Å². The van der Waals surface area contributed by atoms with E-state index in [9.17, 15) is 0 Å². The second-order valence-corrected chi connectivity index (χ2v) is 5.87. The molecule has 0 amide bonds. The van der Waals surface area contributed by atoms with Gasteiger partial charge in [0, 0.05) is 0 Å². The van der Waals surface area contributed by atoms with Crippen LogP contribution in [0.5, 0.6) is 5.75 Å². The molecule has 0 aliphatic rings. The minimum atomic E-state index is 0.525. The molecule has 0 bridgehead atoms. The van der Waals surface area contributed by atoms with E-state index in [2.05, 4.69) is 12.6 Å². The van der Waals surface area contributed by atoms with E-state index in [1.54, 1.807) is 6.07 Å². The van der Waals surface area contributed by atoms with Crippen LogP contribution in [-0.2, 0) is 0 Å². The second-order valence-electron chi connectivity index (χ2n) is 4.20. The minimum Gasteiger partial charge on any atom is -0.492 e. The van der Waals surface area contributed by atoms with Crippen molar-refractivity contribution in [1.29, 1.82) is 0 Å². The van der Waals surface area contributed by atoms with Gasteiger partial charge in [-0.3, -0.25) is 0 Å². The van der Waals surface area contributed by atoms with Gasteiger partial charge in [-0.1, -0.05) is 46.9 Å². The maximum Gasteiger partial charge on any atom is 0.138 e. The normalized spacial score (nSPS) is 10.6. The molecule has 0 aliphatic heterocycles. The molecular formula is C15H13Cl3OS. The lowest BCUT2D eigenvalue weighted by Crippen LogP contribution is -1.98. The van der Waals surface area contributed by atoms with Crippen molar-refractivity contribution in [2.75, 3.05) is 12.4 Å². The fourth-order valence-corrected chi connectivity index (χ4v) is 2.32. The summed E-state index contributed by atoms with van der Waals surface area (Å²) in [5.41, 5.74) is 1.95. The van der Waals surface area contributed by atoms with Crippen LogP contribution in [0.4, 0.5) is 0 Å². The summed E-state index contributed by atoms with van der Waals surface area (Å²) in [7, 11) is 0. The zero-order chi connectivity index (χ0) is 14.5. The number of hydrogen-bond donors (Lipinski definition) is 1. The molecule has 0 saturated heterocycles. The van der Waals surface area contributed by atoms with Crippen LogP contribution < -0.4 is 4.74 Å². The third-order valence-corrected chi connectivity index (χ3v) is 4.11. The zero-order valence-corrected chi connectivity index (χ0v) is 13.7. The third-order valence-electron chi connectivity index (χ3n) is 2.74. The topological polar surface area (TPSA) is 9.23 Å². The van der Waals surface area contributed by atoms with Crippen LogP contribution in [-0.4, -0.2) is 12.4 Å². The molecule has 0 N–H and O–H groups in total. The van der Waals surface area contributed by atoms with E-state index in [1.807, 2.05) is 30.3 Å². The Bertz CT molecular complexity index is 602. The van der Waals surface area contributed by atoms with Gasteiger partial charge in [0.25, 0.3) is 0 Å². The first-order chi connectivity index (χ1) is 9.61. The summed E-state index contributed by atoms with van der Waals surface area (Å²) >= 11 is 22.2. The summed E-state index contributed by atoms with van der Waals surface area (Å²) in [5, 5.41) is 1.65. The van der Waals surface area contributed by atoms with Crippen molar-refractivity contribution < 1.29 is 4.74 Å². The number of thiol groups is 1. The fraction of sp³-hybridized carbons (Fsp3) is 0.200. The van der Waals surface area contributed by atoms with Crippen molar-refractivity contribution in [3.05, 3.63) is 51.5 Å². The lowest BCUT2D eigenvalue weighted by atomic mass is 10.1. The van der Waals surface area contributed by atoms with E-state index in [1.165, 1.54) is 0 Å². The van der Waals surface area contributed by atoms with Crippen molar-refractivity contribution >= 4 is 47.4 Å². The van der Waals surface area contributed by atoms with Gasteiger partial charge in [0.1, 0.15) is 5.75 Å². The molecule has 106 valence electrons. The second kappa shape index (κ2) is 7.46. The predicted molar refractivity (Wildman–Crippen MR) is 90.9 cm³/mol. The van der Waals surface area contributed by atoms with Gasteiger partial charge in [-0.2, -0.15) is 12.6 Å². The SMILES string of the molecule is SCCCOc1cc(-c2ccc(Cl)c(Cl)c2)ccc1Cl. The maximum absolute atomic E-state index is 6.13. The number of rotatable bonds is 5. The molecule has 2 aromatic carbocycles. The molecule has 0 heterocycles. The first-order valence-electron chi connectivity index (χ1n) is 6.10. The summed E-state index contributed by atoms with van der Waals surface area (Å²) in [5.74, 6) is 1.45. The van der Waals surface area contributed by atoms with E-state index in [-0.39, 0.29) is 0 Å². The Morgan fingerprint density at radius 2 is 1.50 bits per heavy atom. The molecule has 0 aromatic heterocycles. The number of benzene rings is 2. The van der Waals surface area contributed by atoms with Gasteiger partial charge in [0.05, 0.1) is 21.7 Å². The molecule has 0 saturated carbocycles. The molecular weight excluding hydrogens is 335 g/mol. The first kappa shape index (κ1) is 15.8. The lowest BCUT2D eigenvalue weighted by Gasteiger charge is -2.10. The highest BCUT2D eigenvalue weighted by Crippen LogP contribution is 2.33. The number of ether oxygens (including phenoxy) is 1. The predicted octanol–water partition coefficient (Wildman–Crippen LogP) is 6.01. The van der Waals surface area contributed by atoms with Crippen molar-refractivity contribution in [1.82, 2.24) is 0 Å². The Hall–Kier alpha value is -0.540. The Balaban J connectivity index is 2.27. The van der Waals surface area contributed by atoms with Crippen LogP contribution in [0.2, 0.25) is 15.1 Å². The van der Waals surface area contributed by atoms with Crippen molar-refractivity contribution in [3.63, 3.8) is 0 Å². The average Bonchev–Trinajstić information content (AvgIpc) is 2.44. The summed E-state index contributed by atoms with van der Waals surface area (Å²) in [6.07, 6.45) is 0.871. The van der Waals surface area contributed by atoms with Gasteiger partial charge in [-0.15, -0.1) is 0 Å². The molecule has 2 rings (SSSR count). The molecule has 1 nitrogen and oxygen atoms in total. The van der Waals surface area contributed by atoms with Crippen LogP contribution >= 0.6 is 47.4 Å². The summed E-state index contributed by atoms with van der Waals surface area (Å²) in [4.78, 5) is 0. The summed E-state index contributed by atoms with van der Waals surface area (Å²) in [6.45, 7) is 0.591. The lowest BCUT2D eigenvalue weighted by molar-refractivity contribution is 0.319. The number of hydrogen-bond acceptors (Lipinski definition) is 2. The molecule has 0 spiro atoms. The van der Waals surface area contributed by atoms with Gasteiger partial charge in [0.15, 0.2) is 0 Å². The maximum atomic E-state index is 6.13. The van der Waals surface area contributed by atoms with Crippen molar-refractivity contribution in [2.24, 2.45) is 0 Å².